The topological polar surface area (TPSA) is 82.6 Å². The molecule has 5 rings (SSSR count). The number of carbonyl (C=O) groups excluding carboxylic acids is 1. The van der Waals surface area contributed by atoms with Crippen LogP contribution in [0.15, 0.2) is 85.7 Å². The second-order valence-electron chi connectivity index (χ2n) is 9.39. The van der Waals surface area contributed by atoms with Crippen molar-refractivity contribution in [3.63, 3.8) is 0 Å². The molecule has 0 amide bonds. The number of ether oxygens (including phenoxy) is 2. The zero-order valence-electron chi connectivity index (χ0n) is 22.0. The molecular formula is C30H40N4O3. The van der Waals surface area contributed by atoms with Crippen molar-refractivity contribution in [1.82, 2.24) is 14.7 Å². The van der Waals surface area contributed by atoms with Crippen LogP contribution in [0.5, 0.6) is 0 Å². The Morgan fingerprint density at radius 3 is 2.16 bits per heavy atom. The predicted octanol–water partition coefficient (Wildman–Crippen LogP) is 4.87. The molecule has 1 unspecified atom stereocenters. The number of anilines is 1. The smallest absolute Gasteiger partial charge is 0.185 e. The summed E-state index contributed by atoms with van der Waals surface area (Å²) < 4.78 is 12.2. The van der Waals surface area contributed by atoms with Crippen molar-refractivity contribution in [3.05, 3.63) is 96.8 Å². The molecule has 0 spiro atoms. The van der Waals surface area contributed by atoms with Gasteiger partial charge in [0.25, 0.3) is 0 Å². The molecule has 0 bridgehead atoms. The maximum atomic E-state index is 10.9. The summed E-state index contributed by atoms with van der Waals surface area (Å²) in [5.41, 5.74) is 8.48. The fraction of sp³-hybridized carbons (Fsp3) is 0.400. The van der Waals surface area contributed by atoms with Crippen LogP contribution in [-0.4, -0.2) is 66.5 Å². The van der Waals surface area contributed by atoms with Gasteiger partial charge in [0.05, 0.1) is 50.4 Å². The van der Waals surface area contributed by atoms with Crippen molar-refractivity contribution in [3.8, 4) is 0 Å². The highest BCUT2D eigenvalue weighted by Crippen LogP contribution is 2.23. The number of nitrogen functional groups attached to an aromatic ring is 1. The number of nitrogens with zero attached hydrogens (tertiary/aromatic N) is 3. The van der Waals surface area contributed by atoms with Gasteiger partial charge in [0.15, 0.2) is 5.78 Å². The molecule has 1 atom stereocenters. The zero-order chi connectivity index (χ0) is 26.5. The van der Waals surface area contributed by atoms with Crippen LogP contribution >= 0.6 is 0 Å². The van der Waals surface area contributed by atoms with Crippen LogP contribution in [0.2, 0.25) is 0 Å². The summed E-state index contributed by atoms with van der Waals surface area (Å²) in [6.07, 6.45) is 7.22. The van der Waals surface area contributed by atoms with Crippen LogP contribution in [-0.2, 0) is 9.47 Å². The highest BCUT2D eigenvalue weighted by molar-refractivity contribution is 6.04. The number of rotatable bonds is 9. The number of hydrogen-bond donors (Lipinski definition) is 1. The van der Waals surface area contributed by atoms with Gasteiger partial charge < -0.3 is 15.2 Å². The molecule has 2 fully saturated rings. The van der Waals surface area contributed by atoms with E-state index in [1.54, 1.807) is 18.3 Å². The second-order valence-corrected chi connectivity index (χ2v) is 9.39. The molecular weight excluding hydrogens is 464 g/mol. The van der Waals surface area contributed by atoms with Gasteiger partial charge in [-0.25, -0.2) is 0 Å². The summed E-state index contributed by atoms with van der Waals surface area (Å²) >= 11 is 0. The second kappa shape index (κ2) is 15.1. The van der Waals surface area contributed by atoms with Crippen LogP contribution in [0.25, 0.3) is 0 Å². The number of hydrogen-bond acceptors (Lipinski definition) is 6. The Morgan fingerprint density at radius 2 is 1.73 bits per heavy atom. The summed E-state index contributed by atoms with van der Waals surface area (Å²) in [5.74, 6) is 0.866. The first-order valence-corrected chi connectivity index (χ1v) is 12.9. The molecule has 2 aromatic carbocycles. The van der Waals surface area contributed by atoms with Crippen LogP contribution < -0.4 is 5.73 Å². The molecule has 2 N–H and O–H groups in total. The van der Waals surface area contributed by atoms with E-state index in [1.165, 1.54) is 18.1 Å². The fourth-order valence-corrected chi connectivity index (χ4v) is 3.88. The number of allylic oxidation sites excluding steroid dienone is 1. The van der Waals surface area contributed by atoms with E-state index in [0.717, 1.165) is 45.3 Å². The molecule has 37 heavy (non-hydrogen) atoms. The van der Waals surface area contributed by atoms with E-state index in [-0.39, 0.29) is 11.8 Å². The predicted molar refractivity (Wildman–Crippen MR) is 149 cm³/mol. The highest BCUT2D eigenvalue weighted by atomic mass is 16.5. The van der Waals surface area contributed by atoms with E-state index < -0.39 is 0 Å². The van der Waals surface area contributed by atoms with Gasteiger partial charge in [0.2, 0.25) is 0 Å². The molecule has 198 valence electrons. The van der Waals surface area contributed by atoms with E-state index in [1.807, 2.05) is 35.1 Å². The van der Waals surface area contributed by atoms with E-state index in [9.17, 15) is 4.79 Å². The van der Waals surface area contributed by atoms with Gasteiger partial charge in [0.1, 0.15) is 0 Å². The minimum atomic E-state index is -0.0272. The minimum absolute atomic E-state index is 0.0272. The Balaban J connectivity index is 0.000000195. The van der Waals surface area contributed by atoms with Crippen molar-refractivity contribution in [2.45, 2.75) is 31.8 Å². The SMILES string of the molecule is C=CC(=O)c1ccccc1.CCC1COC1.CN(CCC(c1ccccc1)n1cc(N)cn1)C1COC1. The Hall–Kier alpha value is -3.26. The maximum Gasteiger partial charge on any atom is 0.185 e. The minimum Gasteiger partial charge on any atom is -0.396 e. The Bertz CT molecular complexity index is 1060. The lowest BCUT2D eigenvalue weighted by molar-refractivity contribution is -0.0567. The van der Waals surface area contributed by atoms with E-state index in [0.29, 0.717) is 17.3 Å². The van der Waals surface area contributed by atoms with Crippen LogP contribution in [0.1, 0.15) is 41.7 Å². The molecule has 2 saturated heterocycles. The van der Waals surface area contributed by atoms with Gasteiger partial charge in [-0.2, -0.15) is 5.10 Å². The molecule has 7 heteroatoms. The zero-order valence-corrected chi connectivity index (χ0v) is 22.0. The highest BCUT2D eigenvalue weighted by Gasteiger charge is 2.24. The molecule has 0 saturated carbocycles. The number of nitrogens with two attached hydrogens (primary N) is 1. The van der Waals surface area contributed by atoms with Gasteiger partial charge in [-0.05, 0) is 31.5 Å². The number of benzene rings is 2. The van der Waals surface area contributed by atoms with Crippen molar-refractivity contribution in [2.75, 3.05) is 45.8 Å². The van der Waals surface area contributed by atoms with Gasteiger partial charge in [0, 0.05) is 24.2 Å². The number of carbonyl (C=O) groups is 1. The fourth-order valence-electron chi connectivity index (χ4n) is 3.88. The number of aromatic nitrogens is 2. The van der Waals surface area contributed by atoms with Crippen molar-refractivity contribution in [2.24, 2.45) is 5.92 Å². The molecule has 0 radical (unpaired) electrons. The molecule has 0 aliphatic carbocycles. The molecule has 7 nitrogen and oxygen atoms in total. The number of likely N-dealkylation sites (N-methyl/N-ethyl adjacent to an activating group) is 1. The first-order chi connectivity index (χ1) is 18.0. The lowest BCUT2D eigenvalue weighted by Gasteiger charge is -2.35. The molecule has 3 heterocycles. The average molecular weight is 505 g/mol. The molecule has 2 aliphatic heterocycles. The monoisotopic (exact) mass is 504 g/mol. The average Bonchev–Trinajstić information content (AvgIpc) is 3.30. The first kappa shape index (κ1) is 28.3. The van der Waals surface area contributed by atoms with Crippen molar-refractivity contribution >= 4 is 11.5 Å². The summed E-state index contributed by atoms with van der Waals surface area (Å²) in [6.45, 7) is 10.3. The summed E-state index contributed by atoms with van der Waals surface area (Å²) in [7, 11) is 2.16. The molecule has 1 aromatic heterocycles. The molecule has 2 aliphatic rings. The van der Waals surface area contributed by atoms with Crippen LogP contribution in [0, 0.1) is 5.92 Å². The Labute approximate surface area is 220 Å². The quantitative estimate of drug-likeness (QED) is 0.331. The van der Waals surface area contributed by atoms with Gasteiger partial charge >= 0.3 is 0 Å². The number of ketones is 1. The van der Waals surface area contributed by atoms with E-state index in [2.05, 4.69) is 54.8 Å². The van der Waals surface area contributed by atoms with Crippen LogP contribution in [0.3, 0.4) is 0 Å². The van der Waals surface area contributed by atoms with Crippen molar-refractivity contribution in [1.29, 1.82) is 0 Å². The third kappa shape index (κ3) is 8.97. The summed E-state index contributed by atoms with van der Waals surface area (Å²) in [4.78, 5) is 13.3. The normalized spacial score (nSPS) is 15.8. The maximum absolute atomic E-state index is 10.9. The summed E-state index contributed by atoms with van der Waals surface area (Å²) in [5, 5.41) is 4.40. The van der Waals surface area contributed by atoms with Gasteiger partial charge in [-0.1, -0.05) is 74.2 Å². The van der Waals surface area contributed by atoms with E-state index in [4.69, 9.17) is 15.2 Å². The Kier molecular flexibility index (Phi) is 11.6. The third-order valence-corrected chi connectivity index (χ3v) is 6.65. The van der Waals surface area contributed by atoms with E-state index >= 15 is 0 Å². The Morgan fingerprint density at radius 1 is 1.11 bits per heavy atom. The third-order valence-electron chi connectivity index (χ3n) is 6.65. The lowest BCUT2D eigenvalue weighted by Crippen LogP contribution is -2.47. The van der Waals surface area contributed by atoms with Crippen LogP contribution in [0.4, 0.5) is 5.69 Å². The lowest BCUT2D eigenvalue weighted by atomic mass is 10.0. The molecule has 3 aromatic rings. The first-order valence-electron chi connectivity index (χ1n) is 12.9. The van der Waals surface area contributed by atoms with Gasteiger partial charge in [-0.15, -0.1) is 0 Å². The summed E-state index contributed by atoms with van der Waals surface area (Å²) in [6, 6.07) is 20.3. The largest absolute Gasteiger partial charge is 0.396 e. The standard InChI is InChI=1S/C16H22N4O.C9H8O.C5H10O/c1-19(15-11-21-12-15)8-7-16(13-5-3-2-4-6-13)20-10-14(17)9-18-20;1-2-9(10)8-6-4-3-5-7-8;1-2-5-3-6-4-5/h2-6,9-10,15-16H,7-8,11-12,17H2,1H3;2-7H,1H2;5H,2-4H2,1H3. The van der Waals surface area contributed by atoms with Crippen molar-refractivity contribution < 1.29 is 14.3 Å². The van der Waals surface area contributed by atoms with Gasteiger partial charge in [-0.3, -0.25) is 14.4 Å².